The van der Waals surface area contributed by atoms with E-state index in [1.54, 1.807) is 0 Å². The van der Waals surface area contributed by atoms with Crippen molar-refractivity contribution in [1.82, 2.24) is 5.12 Å². The maximum atomic E-state index is 13.1. The van der Waals surface area contributed by atoms with Crippen LogP contribution < -0.4 is 11.6 Å². The SMILES string of the molecule is CCCC1C(CC)CCC2C1CCC1(C)C(C(=O)CN(N)/N=C(\N)C(F)(F)F)CCC21. The first-order valence-electron chi connectivity index (χ1n) is 12.0. The van der Waals surface area contributed by atoms with Gasteiger partial charge in [-0.25, -0.2) is 11.0 Å². The van der Waals surface area contributed by atoms with Crippen LogP contribution in [0.25, 0.3) is 0 Å². The minimum Gasteiger partial charge on any atom is -0.378 e. The number of fused-ring (bicyclic) bond motifs is 3. The van der Waals surface area contributed by atoms with Gasteiger partial charge < -0.3 is 5.73 Å². The van der Waals surface area contributed by atoms with Crippen LogP contribution >= 0.6 is 0 Å². The predicted molar refractivity (Wildman–Crippen MR) is 116 cm³/mol. The zero-order valence-corrected chi connectivity index (χ0v) is 19.1. The number of carbonyl (C=O) groups is 1. The summed E-state index contributed by atoms with van der Waals surface area (Å²) in [5.74, 6) is 7.34. The molecule has 0 aromatic carbocycles. The van der Waals surface area contributed by atoms with Crippen LogP contribution in [0, 0.1) is 40.9 Å². The van der Waals surface area contributed by atoms with Crippen molar-refractivity contribution in [2.75, 3.05) is 6.54 Å². The fourth-order valence-electron chi connectivity index (χ4n) is 7.55. The minimum absolute atomic E-state index is 0.0891. The van der Waals surface area contributed by atoms with Crippen molar-refractivity contribution in [3.8, 4) is 0 Å². The summed E-state index contributed by atoms with van der Waals surface area (Å²) in [6, 6.07) is 0. The fraction of sp³-hybridized carbons (Fsp3) is 0.913. The quantitative estimate of drug-likeness (QED) is 0.254. The molecule has 31 heavy (non-hydrogen) atoms. The van der Waals surface area contributed by atoms with Gasteiger partial charge in [0.2, 0.25) is 5.84 Å². The van der Waals surface area contributed by atoms with Crippen molar-refractivity contribution < 1.29 is 18.0 Å². The van der Waals surface area contributed by atoms with Crippen LogP contribution in [0.2, 0.25) is 0 Å². The van der Waals surface area contributed by atoms with Crippen molar-refractivity contribution >= 4 is 11.6 Å². The fourth-order valence-corrected chi connectivity index (χ4v) is 7.55. The van der Waals surface area contributed by atoms with Gasteiger partial charge in [-0.2, -0.15) is 13.2 Å². The molecule has 0 spiro atoms. The molecule has 0 heterocycles. The molecule has 0 amide bonds. The van der Waals surface area contributed by atoms with Gasteiger partial charge in [0.05, 0.1) is 0 Å². The number of hydrogen-bond donors (Lipinski definition) is 2. The highest BCUT2D eigenvalue weighted by atomic mass is 19.4. The molecule has 0 aromatic rings. The largest absolute Gasteiger partial charge is 0.450 e. The van der Waals surface area contributed by atoms with Crippen molar-refractivity contribution in [2.45, 2.75) is 84.7 Å². The second-order valence-corrected chi connectivity index (χ2v) is 10.4. The van der Waals surface area contributed by atoms with Gasteiger partial charge in [0.1, 0.15) is 6.54 Å². The third kappa shape index (κ3) is 4.74. The topological polar surface area (TPSA) is 84.7 Å². The Hall–Kier alpha value is -1.31. The lowest BCUT2D eigenvalue weighted by Crippen LogP contribution is -2.49. The number of hydrazine groups is 1. The van der Waals surface area contributed by atoms with Gasteiger partial charge in [-0.05, 0) is 73.5 Å². The minimum atomic E-state index is -4.75. The summed E-state index contributed by atoms with van der Waals surface area (Å²) in [7, 11) is 0. The molecule has 3 saturated carbocycles. The van der Waals surface area contributed by atoms with Crippen molar-refractivity contribution in [1.29, 1.82) is 0 Å². The molecule has 7 unspecified atom stereocenters. The lowest BCUT2D eigenvalue weighted by Gasteiger charge is -2.54. The first-order valence-corrected chi connectivity index (χ1v) is 12.0. The van der Waals surface area contributed by atoms with Gasteiger partial charge in [-0.15, -0.1) is 5.10 Å². The molecule has 0 saturated heterocycles. The van der Waals surface area contributed by atoms with Crippen LogP contribution in [0.3, 0.4) is 0 Å². The number of hydrogen-bond acceptors (Lipinski definition) is 4. The highest BCUT2D eigenvalue weighted by molar-refractivity contribution is 5.86. The van der Waals surface area contributed by atoms with Gasteiger partial charge in [-0.3, -0.25) is 4.79 Å². The molecule has 0 bridgehead atoms. The Morgan fingerprint density at radius 1 is 1.13 bits per heavy atom. The van der Waals surface area contributed by atoms with E-state index in [2.05, 4.69) is 25.9 Å². The smallest absolute Gasteiger partial charge is 0.378 e. The number of ketones is 1. The molecule has 0 radical (unpaired) electrons. The highest BCUT2D eigenvalue weighted by Gasteiger charge is 2.57. The normalized spacial score (nSPS) is 38.5. The van der Waals surface area contributed by atoms with E-state index in [1.165, 1.54) is 32.1 Å². The monoisotopic (exact) mass is 444 g/mol. The zero-order valence-electron chi connectivity index (χ0n) is 19.1. The lowest BCUT2D eigenvalue weighted by atomic mass is 9.50. The van der Waals surface area contributed by atoms with Gasteiger partial charge in [-0.1, -0.05) is 40.0 Å². The van der Waals surface area contributed by atoms with E-state index in [0.29, 0.717) is 17.0 Å². The first kappa shape index (κ1) is 24.3. The van der Waals surface area contributed by atoms with E-state index in [-0.39, 0.29) is 23.7 Å². The molecular formula is C23H39F3N4O. The first-order chi connectivity index (χ1) is 14.5. The number of hydrazone groups is 1. The van der Waals surface area contributed by atoms with Crippen LogP contribution in [-0.4, -0.2) is 29.5 Å². The maximum Gasteiger partial charge on any atom is 0.450 e. The number of amidine groups is 1. The van der Waals surface area contributed by atoms with Crippen LogP contribution in [0.1, 0.15) is 78.6 Å². The van der Waals surface area contributed by atoms with Crippen LogP contribution in [0.5, 0.6) is 0 Å². The number of alkyl halides is 3. The Morgan fingerprint density at radius 2 is 1.84 bits per heavy atom. The molecule has 3 aliphatic carbocycles. The summed E-state index contributed by atoms with van der Waals surface area (Å²) < 4.78 is 37.8. The molecule has 0 aliphatic heterocycles. The van der Waals surface area contributed by atoms with E-state index in [1.807, 2.05) is 0 Å². The number of carbonyl (C=O) groups excluding carboxylic acids is 1. The van der Waals surface area contributed by atoms with E-state index < -0.39 is 12.0 Å². The average molecular weight is 445 g/mol. The highest BCUT2D eigenvalue weighted by Crippen LogP contribution is 2.63. The number of nitrogens with zero attached hydrogens (tertiary/aromatic N) is 2. The number of nitrogens with two attached hydrogens (primary N) is 2. The molecule has 7 atom stereocenters. The van der Waals surface area contributed by atoms with Crippen molar-refractivity contribution in [3.63, 3.8) is 0 Å². The third-order valence-electron chi connectivity index (χ3n) is 8.90. The number of rotatable bonds is 7. The third-order valence-corrected chi connectivity index (χ3v) is 8.90. The molecule has 3 aliphatic rings. The maximum absolute atomic E-state index is 13.1. The summed E-state index contributed by atoms with van der Waals surface area (Å²) in [6.07, 6.45) is 5.57. The summed E-state index contributed by atoms with van der Waals surface area (Å²) in [5, 5.41) is 3.71. The Balaban J connectivity index is 1.71. The van der Waals surface area contributed by atoms with Gasteiger partial charge in [0.25, 0.3) is 0 Å². The standard InChI is InChI=1S/C23H39F3N4O/c1-4-6-15-14(5-2)7-8-17-16(15)11-12-22(3)18(17)9-10-19(22)20(31)13-30(28)29-21(27)23(24,25)26/h14-19H,4-13,28H2,1-3H3,(H2,27,29). The van der Waals surface area contributed by atoms with Crippen molar-refractivity contribution in [2.24, 2.45) is 57.6 Å². The van der Waals surface area contributed by atoms with Crippen LogP contribution in [0.15, 0.2) is 5.10 Å². The zero-order chi connectivity index (χ0) is 23.0. The predicted octanol–water partition coefficient (Wildman–Crippen LogP) is 4.86. The molecule has 178 valence electrons. The van der Waals surface area contributed by atoms with E-state index in [9.17, 15) is 18.0 Å². The van der Waals surface area contributed by atoms with E-state index >= 15 is 0 Å². The van der Waals surface area contributed by atoms with Crippen molar-refractivity contribution in [3.05, 3.63) is 0 Å². The molecule has 3 rings (SSSR count). The molecule has 0 aromatic heterocycles. The van der Waals surface area contributed by atoms with Crippen LogP contribution in [0.4, 0.5) is 13.2 Å². The molecule has 3 fully saturated rings. The second kappa shape index (κ2) is 9.28. The summed E-state index contributed by atoms with van der Waals surface area (Å²) in [4.78, 5) is 13.1. The summed E-state index contributed by atoms with van der Waals surface area (Å²) in [5.41, 5.74) is 4.85. The van der Waals surface area contributed by atoms with Gasteiger partial charge in [0, 0.05) is 5.92 Å². The van der Waals surface area contributed by atoms with Gasteiger partial charge in [0.15, 0.2) is 5.78 Å². The summed E-state index contributed by atoms with van der Waals surface area (Å²) >= 11 is 0. The van der Waals surface area contributed by atoms with Gasteiger partial charge >= 0.3 is 6.18 Å². The second-order valence-electron chi connectivity index (χ2n) is 10.4. The number of Topliss-reactive ketones (excluding diaryl/α,β-unsaturated/α-hetero) is 1. The molecule has 5 nitrogen and oxygen atoms in total. The van der Waals surface area contributed by atoms with Crippen LogP contribution in [-0.2, 0) is 4.79 Å². The summed E-state index contributed by atoms with van der Waals surface area (Å²) in [6.45, 7) is 6.49. The van der Waals surface area contributed by atoms with E-state index in [0.717, 1.165) is 43.4 Å². The average Bonchev–Trinajstić information content (AvgIpc) is 3.05. The Bertz CT molecular complexity index is 682. The Kier molecular flexibility index (Phi) is 7.28. The molecule has 8 heteroatoms. The molecular weight excluding hydrogens is 405 g/mol. The lowest BCUT2D eigenvalue weighted by molar-refractivity contribution is -0.131. The van der Waals surface area contributed by atoms with E-state index in [4.69, 9.17) is 11.6 Å². The Labute approximate surface area is 184 Å². The number of halogens is 3. The Morgan fingerprint density at radius 3 is 2.45 bits per heavy atom. The molecule has 4 N–H and O–H groups in total.